The van der Waals surface area contributed by atoms with Crippen LogP contribution in [-0.2, 0) is 6.54 Å². The lowest BCUT2D eigenvalue weighted by atomic mass is 10.0. The molecule has 0 radical (unpaired) electrons. The molecule has 1 N–H and O–H groups in total. The van der Waals surface area contributed by atoms with E-state index in [1.54, 1.807) is 32.5 Å². The smallest absolute Gasteiger partial charge is 0.213 e. The lowest BCUT2D eigenvalue weighted by Gasteiger charge is -2.07. The zero-order chi connectivity index (χ0) is 13.0. The molecule has 1 aromatic carbocycles. The fourth-order valence-corrected chi connectivity index (χ4v) is 1.76. The van der Waals surface area contributed by atoms with Crippen LogP contribution in [0.1, 0.15) is 5.56 Å². The van der Waals surface area contributed by atoms with E-state index in [9.17, 15) is 4.39 Å². The van der Waals surface area contributed by atoms with E-state index in [1.807, 2.05) is 12.1 Å². The molecule has 2 rings (SSSR count). The van der Waals surface area contributed by atoms with Crippen molar-refractivity contribution in [3.8, 4) is 17.0 Å². The summed E-state index contributed by atoms with van der Waals surface area (Å²) in [4.78, 5) is 4.03. The Hall–Kier alpha value is -1.94. The van der Waals surface area contributed by atoms with E-state index in [0.29, 0.717) is 18.0 Å². The van der Waals surface area contributed by atoms with Crippen molar-refractivity contribution >= 4 is 0 Å². The number of aromatic nitrogens is 1. The van der Waals surface area contributed by atoms with Gasteiger partial charge in [-0.1, -0.05) is 12.1 Å². The van der Waals surface area contributed by atoms with E-state index in [-0.39, 0.29) is 5.82 Å². The third-order valence-corrected chi connectivity index (χ3v) is 2.70. The topological polar surface area (TPSA) is 34.2 Å². The molecule has 0 saturated heterocycles. The summed E-state index contributed by atoms with van der Waals surface area (Å²) in [6.45, 7) is 0.520. The van der Waals surface area contributed by atoms with Crippen LogP contribution in [0.5, 0.6) is 5.88 Å². The molecule has 2 aromatic rings. The monoisotopic (exact) mass is 246 g/mol. The number of benzene rings is 1. The van der Waals surface area contributed by atoms with Gasteiger partial charge >= 0.3 is 0 Å². The molecule has 1 heterocycles. The van der Waals surface area contributed by atoms with Gasteiger partial charge in [0.1, 0.15) is 5.82 Å². The predicted octanol–water partition coefficient (Wildman–Crippen LogP) is 2.62. The summed E-state index contributed by atoms with van der Waals surface area (Å²) in [6, 6.07) is 8.82. The average molecular weight is 246 g/mol. The summed E-state index contributed by atoms with van der Waals surface area (Å²) in [5.74, 6) is 0.310. The van der Waals surface area contributed by atoms with E-state index < -0.39 is 0 Å². The Labute approximate surface area is 106 Å². The summed E-state index contributed by atoms with van der Waals surface area (Å²) in [6.07, 6.45) is 1.65. The van der Waals surface area contributed by atoms with Gasteiger partial charge in [0.05, 0.1) is 7.11 Å². The maximum atomic E-state index is 13.8. The average Bonchev–Trinajstić information content (AvgIpc) is 2.41. The van der Waals surface area contributed by atoms with Crippen LogP contribution in [0.15, 0.2) is 36.5 Å². The first kappa shape index (κ1) is 12.5. The minimum atomic E-state index is -0.211. The van der Waals surface area contributed by atoms with Gasteiger partial charge in [-0.05, 0) is 30.3 Å². The van der Waals surface area contributed by atoms with Crippen LogP contribution in [0, 0.1) is 5.82 Å². The van der Waals surface area contributed by atoms with E-state index >= 15 is 0 Å². The number of hydrogen-bond donors (Lipinski definition) is 1. The quantitative estimate of drug-likeness (QED) is 0.900. The zero-order valence-corrected chi connectivity index (χ0v) is 10.4. The molecule has 0 spiro atoms. The lowest BCUT2D eigenvalue weighted by molar-refractivity contribution is 0.398. The van der Waals surface area contributed by atoms with Gasteiger partial charge in [0.25, 0.3) is 0 Å². The first-order valence-corrected chi connectivity index (χ1v) is 5.68. The Morgan fingerprint density at radius 1 is 1.22 bits per heavy atom. The molecule has 0 aliphatic heterocycles. The van der Waals surface area contributed by atoms with Crippen molar-refractivity contribution in [2.45, 2.75) is 6.54 Å². The highest BCUT2D eigenvalue weighted by atomic mass is 19.1. The van der Waals surface area contributed by atoms with Crippen molar-refractivity contribution in [1.82, 2.24) is 10.3 Å². The summed E-state index contributed by atoms with van der Waals surface area (Å²) in [5, 5.41) is 2.93. The van der Waals surface area contributed by atoms with Crippen LogP contribution in [-0.4, -0.2) is 19.1 Å². The molecular formula is C14H15FN2O. The second-order valence-corrected chi connectivity index (χ2v) is 3.92. The van der Waals surface area contributed by atoms with Crippen molar-refractivity contribution in [2.75, 3.05) is 14.2 Å². The highest BCUT2D eigenvalue weighted by Crippen LogP contribution is 2.24. The second-order valence-electron chi connectivity index (χ2n) is 3.92. The van der Waals surface area contributed by atoms with Crippen LogP contribution in [0.4, 0.5) is 4.39 Å². The standard InChI is InChI=1S/C14H15FN2O/c1-16-9-12-4-3-10(7-13(12)15)11-5-6-17-14(8-11)18-2/h3-8,16H,9H2,1-2H3. The number of ether oxygens (including phenoxy) is 1. The number of methoxy groups -OCH3 is 1. The third-order valence-electron chi connectivity index (χ3n) is 2.70. The molecule has 0 atom stereocenters. The summed E-state index contributed by atoms with van der Waals surface area (Å²) in [5.41, 5.74) is 2.35. The highest BCUT2D eigenvalue weighted by Gasteiger charge is 2.05. The largest absolute Gasteiger partial charge is 0.481 e. The van der Waals surface area contributed by atoms with Crippen molar-refractivity contribution in [3.05, 3.63) is 47.9 Å². The van der Waals surface area contributed by atoms with Gasteiger partial charge in [-0.15, -0.1) is 0 Å². The van der Waals surface area contributed by atoms with E-state index in [2.05, 4.69) is 10.3 Å². The number of nitrogens with zero attached hydrogens (tertiary/aromatic N) is 1. The van der Waals surface area contributed by atoms with Crippen LogP contribution in [0.3, 0.4) is 0 Å². The van der Waals surface area contributed by atoms with E-state index in [4.69, 9.17) is 4.74 Å². The van der Waals surface area contributed by atoms with E-state index in [0.717, 1.165) is 11.1 Å². The van der Waals surface area contributed by atoms with Gasteiger partial charge in [-0.25, -0.2) is 9.37 Å². The normalized spacial score (nSPS) is 10.4. The maximum Gasteiger partial charge on any atom is 0.213 e. The van der Waals surface area contributed by atoms with Gasteiger partial charge in [-0.2, -0.15) is 0 Å². The summed E-state index contributed by atoms with van der Waals surface area (Å²) >= 11 is 0. The molecule has 0 fully saturated rings. The van der Waals surface area contributed by atoms with Crippen molar-refractivity contribution in [3.63, 3.8) is 0 Å². The zero-order valence-electron chi connectivity index (χ0n) is 10.4. The van der Waals surface area contributed by atoms with Crippen LogP contribution >= 0.6 is 0 Å². The van der Waals surface area contributed by atoms with Crippen LogP contribution in [0.2, 0.25) is 0 Å². The van der Waals surface area contributed by atoms with Gasteiger partial charge < -0.3 is 10.1 Å². The number of hydrogen-bond acceptors (Lipinski definition) is 3. The van der Waals surface area contributed by atoms with Gasteiger partial charge in [0.15, 0.2) is 0 Å². The van der Waals surface area contributed by atoms with Gasteiger partial charge in [0, 0.05) is 24.4 Å². The fraction of sp³-hybridized carbons (Fsp3) is 0.214. The van der Waals surface area contributed by atoms with E-state index in [1.165, 1.54) is 6.07 Å². The Balaban J connectivity index is 2.35. The minimum absolute atomic E-state index is 0.211. The Bertz CT molecular complexity index is 543. The van der Waals surface area contributed by atoms with Gasteiger partial charge in [0.2, 0.25) is 5.88 Å². The third kappa shape index (κ3) is 2.65. The number of nitrogens with one attached hydrogen (secondary N) is 1. The Morgan fingerprint density at radius 3 is 2.67 bits per heavy atom. The number of halogens is 1. The first-order valence-electron chi connectivity index (χ1n) is 5.68. The Kier molecular flexibility index (Phi) is 3.89. The SMILES string of the molecule is CNCc1ccc(-c2ccnc(OC)c2)cc1F. The van der Waals surface area contributed by atoms with Crippen molar-refractivity contribution < 1.29 is 9.13 Å². The maximum absolute atomic E-state index is 13.8. The first-order chi connectivity index (χ1) is 8.74. The molecule has 0 unspecified atom stereocenters. The lowest BCUT2D eigenvalue weighted by Crippen LogP contribution is -2.06. The molecule has 1 aromatic heterocycles. The minimum Gasteiger partial charge on any atom is -0.481 e. The molecule has 0 saturated carbocycles. The highest BCUT2D eigenvalue weighted by molar-refractivity contribution is 5.64. The molecule has 0 bridgehead atoms. The molecule has 3 nitrogen and oxygen atoms in total. The molecule has 0 amide bonds. The fourth-order valence-electron chi connectivity index (χ4n) is 1.76. The summed E-state index contributed by atoms with van der Waals surface area (Å²) in [7, 11) is 3.35. The van der Waals surface area contributed by atoms with Crippen molar-refractivity contribution in [1.29, 1.82) is 0 Å². The Morgan fingerprint density at radius 2 is 2.00 bits per heavy atom. The van der Waals surface area contributed by atoms with Gasteiger partial charge in [-0.3, -0.25) is 0 Å². The number of rotatable bonds is 4. The molecular weight excluding hydrogens is 231 g/mol. The van der Waals surface area contributed by atoms with Crippen molar-refractivity contribution in [2.24, 2.45) is 0 Å². The second kappa shape index (κ2) is 5.60. The molecule has 0 aliphatic carbocycles. The molecule has 94 valence electrons. The van der Waals surface area contributed by atoms with Crippen LogP contribution < -0.4 is 10.1 Å². The number of pyridine rings is 1. The molecule has 0 aliphatic rings. The predicted molar refractivity (Wildman–Crippen MR) is 68.9 cm³/mol. The molecule has 18 heavy (non-hydrogen) atoms. The summed E-state index contributed by atoms with van der Waals surface area (Å²) < 4.78 is 18.9. The van der Waals surface area contributed by atoms with Crippen LogP contribution in [0.25, 0.3) is 11.1 Å². The molecule has 4 heteroatoms.